The van der Waals surface area contributed by atoms with Gasteiger partial charge in [-0.1, -0.05) is 54.1 Å². The maximum atomic E-state index is 13.9. The van der Waals surface area contributed by atoms with Gasteiger partial charge in [-0.2, -0.15) is 4.68 Å². The lowest BCUT2D eigenvalue weighted by Crippen LogP contribution is -2.29. The molecule has 1 amide bonds. The summed E-state index contributed by atoms with van der Waals surface area (Å²) in [6.07, 6.45) is 3.14. The fraction of sp³-hybridized carbons (Fsp3) is 0.176. The second-order valence-corrected chi connectivity index (χ2v) is 11.2. The number of pyridine rings is 1. The zero-order chi connectivity index (χ0) is 32.8. The number of methoxy groups -OCH3 is 1. The van der Waals surface area contributed by atoms with Crippen molar-refractivity contribution in [2.24, 2.45) is 0 Å². The first-order chi connectivity index (χ1) is 22.9. The lowest BCUT2D eigenvalue weighted by Gasteiger charge is -2.23. The van der Waals surface area contributed by atoms with Gasteiger partial charge in [0.15, 0.2) is 0 Å². The number of tetrazole rings is 1. The summed E-state index contributed by atoms with van der Waals surface area (Å²) >= 11 is 6.37. The smallest absolute Gasteiger partial charge is 0.411 e. The summed E-state index contributed by atoms with van der Waals surface area (Å²) in [5, 5.41) is 14.7. The largest absolute Gasteiger partial charge is 0.447 e. The van der Waals surface area contributed by atoms with Crippen molar-refractivity contribution >= 4 is 23.4 Å². The van der Waals surface area contributed by atoms with Gasteiger partial charge in [0.1, 0.15) is 18.8 Å². The van der Waals surface area contributed by atoms with E-state index in [2.05, 4.69) is 30.8 Å². The standard InChI is InChI=1S/C34H31ClN8O4/c1-22-16-25(28-18-26(35)10-13-30(28)42-21-37-40-41-42)17-33(44)43(22)31(24-6-4-3-5-7-24)19-32-36-20-29(39-32)23-8-11-27(12-9-23)38-34(45)47-15-14-46-2/h3-13,16-18,20-21,31H,14-15,19H2,1-2H3,(H,36,39)(H,38,45). The summed E-state index contributed by atoms with van der Waals surface area (Å²) in [7, 11) is 1.54. The van der Waals surface area contributed by atoms with E-state index < -0.39 is 6.09 Å². The Morgan fingerprint density at radius 3 is 2.53 bits per heavy atom. The van der Waals surface area contributed by atoms with Crippen molar-refractivity contribution in [1.29, 1.82) is 0 Å². The Bertz CT molecular complexity index is 2030. The van der Waals surface area contributed by atoms with Gasteiger partial charge in [0.2, 0.25) is 0 Å². The molecule has 0 aliphatic heterocycles. The van der Waals surface area contributed by atoms with Gasteiger partial charge in [-0.15, -0.1) is 5.10 Å². The molecular formula is C34H31ClN8O4. The number of anilines is 1. The van der Waals surface area contributed by atoms with Crippen LogP contribution in [0.3, 0.4) is 0 Å². The molecule has 0 radical (unpaired) electrons. The van der Waals surface area contributed by atoms with Gasteiger partial charge < -0.3 is 19.0 Å². The molecule has 12 nitrogen and oxygen atoms in total. The molecule has 13 heteroatoms. The summed E-state index contributed by atoms with van der Waals surface area (Å²) in [5.74, 6) is 0.712. The highest BCUT2D eigenvalue weighted by Crippen LogP contribution is 2.31. The van der Waals surface area contributed by atoms with Crippen LogP contribution >= 0.6 is 11.6 Å². The van der Waals surface area contributed by atoms with Gasteiger partial charge in [-0.3, -0.25) is 10.1 Å². The number of carbonyl (C=O) groups is 1. The molecule has 1 unspecified atom stereocenters. The minimum Gasteiger partial charge on any atom is -0.447 e. The third-order valence-electron chi connectivity index (χ3n) is 7.60. The number of rotatable bonds is 11. The molecule has 0 bridgehead atoms. The van der Waals surface area contributed by atoms with Crippen molar-refractivity contribution in [3.8, 4) is 28.1 Å². The van der Waals surface area contributed by atoms with Crippen molar-refractivity contribution in [3.05, 3.63) is 130 Å². The van der Waals surface area contributed by atoms with Gasteiger partial charge in [0.25, 0.3) is 5.56 Å². The van der Waals surface area contributed by atoms with Crippen LogP contribution in [0.5, 0.6) is 0 Å². The maximum Gasteiger partial charge on any atom is 0.411 e. The number of ether oxygens (including phenoxy) is 2. The first-order valence-corrected chi connectivity index (χ1v) is 15.2. The van der Waals surface area contributed by atoms with Crippen molar-refractivity contribution in [2.45, 2.75) is 19.4 Å². The van der Waals surface area contributed by atoms with E-state index in [0.29, 0.717) is 40.8 Å². The van der Waals surface area contributed by atoms with E-state index in [1.807, 2.05) is 61.5 Å². The number of nitrogens with zero attached hydrogens (tertiary/aromatic N) is 6. The fourth-order valence-electron chi connectivity index (χ4n) is 5.41. The summed E-state index contributed by atoms with van der Waals surface area (Å²) < 4.78 is 13.3. The van der Waals surface area contributed by atoms with Gasteiger partial charge in [0, 0.05) is 41.6 Å². The Hall–Kier alpha value is -5.59. The minimum atomic E-state index is -0.551. The first kappa shape index (κ1) is 31.4. The molecule has 0 spiro atoms. The van der Waals surface area contributed by atoms with Crippen LogP contribution in [-0.2, 0) is 15.9 Å². The summed E-state index contributed by atoms with van der Waals surface area (Å²) in [4.78, 5) is 34.0. The quantitative estimate of drug-likeness (QED) is 0.166. The molecule has 238 valence electrons. The van der Waals surface area contributed by atoms with E-state index in [-0.39, 0.29) is 18.2 Å². The Morgan fingerprint density at radius 1 is 1.00 bits per heavy atom. The molecule has 0 fully saturated rings. The normalized spacial score (nSPS) is 11.7. The van der Waals surface area contributed by atoms with E-state index >= 15 is 0 Å². The number of H-pyrrole nitrogens is 1. The summed E-state index contributed by atoms with van der Waals surface area (Å²) in [5.41, 5.74) is 5.97. The van der Waals surface area contributed by atoms with E-state index in [0.717, 1.165) is 28.1 Å². The monoisotopic (exact) mass is 650 g/mol. The van der Waals surface area contributed by atoms with Crippen molar-refractivity contribution in [2.75, 3.05) is 25.6 Å². The Kier molecular flexibility index (Phi) is 9.51. The zero-order valence-corrected chi connectivity index (χ0v) is 26.4. The molecule has 47 heavy (non-hydrogen) atoms. The second-order valence-electron chi connectivity index (χ2n) is 10.7. The molecular weight excluding hydrogens is 620 g/mol. The molecule has 0 aliphatic carbocycles. The van der Waals surface area contributed by atoms with Gasteiger partial charge >= 0.3 is 6.09 Å². The van der Waals surface area contributed by atoms with Crippen molar-refractivity contribution in [1.82, 2.24) is 34.7 Å². The van der Waals surface area contributed by atoms with E-state index in [1.54, 1.807) is 48.2 Å². The number of hydrogen-bond acceptors (Lipinski definition) is 8. The molecule has 3 aromatic heterocycles. The third-order valence-corrected chi connectivity index (χ3v) is 7.84. The SMILES string of the molecule is COCCOC(=O)Nc1ccc(-c2cnc(CC(c3ccccc3)n3c(C)cc(-c4cc(Cl)ccc4-n4cnnn4)cc3=O)[nH]2)cc1. The Labute approximate surface area is 275 Å². The predicted molar refractivity (Wildman–Crippen MR) is 178 cm³/mol. The highest BCUT2D eigenvalue weighted by atomic mass is 35.5. The molecule has 0 saturated heterocycles. The molecule has 0 saturated carbocycles. The number of carbonyl (C=O) groups excluding carboxylic acids is 1. The molecule has 6 rings (SSSR count). The average Bonchev–Trinajstić information content (AvgIpc) is 3.78. The van der Waals surface area contributed by atoms with Crippen LogP contribution in [0.1, 0.15) is 23.1 Å². The number of amides is 1. The maximum absolute atomic E-state index is 13.9. The number of halogens is 1. The number of imidazole rings is 1. The van der Waals surface area contributed by atoms with E-state index in [9.17, 15) is 9.59 Å². The zero-order valence-electron chi connectivity index (χ0n) is 25.6. The number of benzene rings is 3. The van der Waals surface area contributed by atoms with Crippen LogP contribution in [0.25, 0.3) is 28.1 Å². The molecule has 3 aromatic carbocycles. The van der Waals surface area contributed by atoms with Gasteiger partial charge in [0.05, 0.1) is 30.2 Å². The fourth-order valence-corrected chi connectivity index (χ4v) is 5.58. The molecule has 3 heterocycles. The second kappa shape index (κ2) is 14.2. The summed E-state index contributed by atoms with van der Waals surface area (Å²) in [6, 6.07) is 25.8. The number of nitrogens with one attached hydrogen (secondary N) is 2. The van der Waals surface area contributed by atoms with E-state index in [1.165, 1.54) is 11.0 Å². The van der Waals surface area contributed by atoms with E-state index in [4.69, 9.17) is 21.1 Å². The topological polar surface area (TPSA) is 142 Å². The van der Waals surface area contributed by atoms with Crippen LogP contribution in [0, 0.1) is 6.92 Å². The van der Waals surface area contributed by atoms with Gasteiger partial charge in [-0.05, 0) is 70.4 Å². The highest BCUT2D eigenvalue weighted by molar-refractivity contribution is 6.31. The Balaban J connectivity index is 1.28. The summed E-state index contributed by atoms with van der Waals surface area (Å²) in [6.45, 7) is 2.41. The first-order valence-electron chi connectivity index (χ1n) is 14.8. The third kappa shape index (κ3) is 7.29. The average molecular weight is 651 g/mol. The number of aryl methyl sites for hydroxylation is 1. The lowest BCUT2D eigenvalue weighted by molar-refractivity contribution is 0.107. The van der Waals surface area contributed by atoms with Crippen molar-refractivity contribution in [3.63, 3.8) is 0 Å². The lowest BCUT2D eigenvalue weighted by atomic mass is 10.00. The van der Waals surface area contributed by atoms with Crippen LogP contribution in [0.2, 0.25) is 5.02 Å². The molecule has 0 aliphatic rings. The Morgan fingerprint density at radius 2 is 1.81 bits per heavy atom. The molecule has 1 atom stereocenters. The van der Waals surface area contributed by atoms with Crippen molar-refractivity contribution < 1.29 is 14.3 Å². The molecule has 6 aromatic rings. The van der Waals surface area contributed by atoms with Crippen LogP contribution in [0.4, 0.5) is 10.5 Å². The highest BCUT2D eigenvalue weighted by Gasteiger charge is 2.21. The minimum absolute atomic E-state index is 0.169. The predicted octanol–water partition coefficient (Wildman–Crippen LogP) is 5.87. The van der Waals surface area contributed by atoms with Crippen LogP contribution in [0.15, 0.2) is 102 Å². The number of hydrogen-bond donors (Lipinski definition) is 2. The van der Waals surface area contributed by atoms with Gasteiger partial charge in [-0.25, -0.2) is 9.78 Å². The van der Waals surface area contributed by atoms with Crippen LogP contribution < -0.4 is 10.9 Å². The molecule has 2 N–H and O–H groups in total. The van der Waals surface area contributed by atoms with Crippen LogP contribution in [-0.4, -0.2) is 61.2 Å². The number of aromatic amines is 1. The number of aromatic nitrogens is 7.